The van der Waals surface area contributed by atoms with Crippen LogP contribution in [0.5, 0.6) is 5.75 Å². The summed E-state index contributed by atoms with van der Waals surface area (Å²) in [6, 6.07) is 1.81. The molecule has 1 aliphatic rings. The molecule has 0 amide bonds. The SMILES string of the molecule is CCCCCCC1CO1.O=C(O)c1ccc(C(F)(F)Oc2cc(F)c(F)c(F)c2)c(F)c1. The van der Waals surface area contributed by atoms with Crippen LogP contribution in [0.15, 0.2) is 30.3 Å². The van der Waals surface area contributed by atoms with E-state index in [2.05, 4.69) is 11.7 Å². The second-order valence-electron chi connectivity index (χ2n) is 7.12. The van der Waals surface area contributed by atoms with E-state index in [-0.39, 0.29) is 12.1 Å². The Hall–Kier alpha value is -2.75. The number of hydrogen-bond acceptors (Lipinski definition) is 3. The molecule has 1 saturated heterocycles. The number of carboxylic acid groups (broad SMARTS) is 1. The highest BCUT2D eigenvalue weighted by atomic mass is 19.3. The van der Waals surface area contributed by atoms with E-state index in [0.29, 0.717) is 24.3 Å². The lowest BCUT2D eigenvalue weighted by molar-refractivity contribution is -0.187. The number of carboxylic acids is 1. The van der Waals surface area contributed by atoms with Gasteiger partial charge in [-0.1, -0.05) is 32.6 Å². The van der Waals surface area contributed by atoms with Crippen molar-refractivity contribution in [2.45, 2.75) is 51.2 Å². The molecule has 1 N–H and O–H groups in total. The zero-order valence-electron chi connectivity index (χ0n) is 17.1. The molecule has 0 bridgehead atoms. The third-order valence-electron chi connectivity index (χ3n) is 4.51. The normalized spacial score (nSPS) is 15.0. The van der Waals surface area contributed by atoms with Crippen LogP contribution in [0.4, 0.5) is 26.3 Å². The highest BCUT2D eigenvalue weighted by Crippen LogP contribution is 2.34. The Morgan fingerprint density at radius 1 is 1.06 bits per heavy atom. The number of unbranched alkanes of at least 4 members (excludes halogenated alkanes) is 3. The molecule has 0 aliphatic carbocycles. The van der Waals surface area contributed by atoms with Crippen LogP contribution in [-0.4, -0.2) is 23.8 Å². The Morgan fingerprint density at radius 2 is 1.69 bits per heavy atom. The highest BCUT2D eigenvalue weighted by Gasteiger charge is 2.38. The predicted molar refractivity (Wildman–Crippen MR) is 103 cm³/mol. The van der Waals surface area contributed by atoms with Gasteiger partial charge in [0, 0.05) is 12.1 Å². The number of carbonyl (C=O) groups is 1. The van der Waals surface area contributed by atoms with Crippen molar-refractivity contribution in [1.29, 1.82) is 0 Å². The van der Waals surface area contributed by atoms with Gasteiger partial charge in [0.25, 0.3) is 0 Å². The van der Waals surface area contributed by atoms with Crippen molar-refractivity contribution in [3.8, 4) is 5.75 Å². The van der Waals surface area contributed by atoms with E-state index < -0.39 is 52.2 Å². The monoisotopic (exact) mass is 464 g/mol. The molecule has 1 unspecified atom stereocenters. The summed E-state index contributed by atoms with van der Waals surface area (Å²) in [6.45, 7) is 3.28. The van der Waals surface area contributed by atoms with Crippen LogP contribution in [0, 0.1) is 23.3 Å². The van der Waals surface area contributed by atoms with Gasteiger partial charge in [0.1, 0.15) is 11.6 Å². The maximum atomic E-state index is 13.9. The second-order valence-corrected chi connectivity index (χ2v) is 7.12. The summed E-state index contributed by atoms with van der Waals surface area (Å²) in [5.41, 5.74) is -1.94. The molecule has 3 rings (SSSR count). The van der Waals surface area contributed by atoms with Gasteiger partial charge in [-0.25, -0.2) is 22.4 Å². The maximum absolute atomic E-state index is 13.9. The minimum Gasteiger partial charge on any atom is -0.478 e. The molecule has 2 aromatic carbocycles. The van der Waals surface area contributed by atoms with Crippen molar-refractivity contribution >= 4 is 5.97 Å². The quantitative estimate of drug-likeness (QED) is 0.201. The molecule has 176 valence electrons. The number of halogens is 6. The average Bonchev–Trinajstić information content (AvgIpc) is 3.53. The van der Waals surface area contributed by atoms with Gasteiger partial charge in [-0.3, -0.25) is 0 Å². The third kappa shape index (κ3) is 7.44. The Kier molecular flexibility index (Phi) is 8.94. The molecule has 0 saturated carbocycles. The lowest BCUT2D eigenvalue weighted by atomic mass is 10.1. The van der Waals surface area contributed by atoms with Gasteiger partial charge < -0.3 is 14.6 Å². The van der Waals surface area contributed by atoms with Gasteiger partial charge in [-0.15, -0.1) is 0 Å². The van der Waals surface area contributed by atoms with Crippen molar-refractivity contribution < 1.29 is 45.7 Å². The number of epoxide rings is 1. The molecular weight excluding hydrogens is 442 g/mol. The number of alkyl halides is 2. The summed E-state index contributed by atoms with van der Waals surface area (Å²) in [7, 11) is 0. The first kappa shape index (κ1) is 25.5. The minimum atomic E-state index is -4.38. The summed E-state index contributed by atoms with van der Waals surface area (Å²) < 4.78 is 89.1. The maximum Gasteiger partial charge on any atom is 0.429 e. The van der Waals surface area contributed by atoms with E-state index in [1.807, 2.05) is 0 Å². The molecule has 4 nitrogen and oxygen atoms in total. The average molecular weight is 464 g/mol. The molecule has 0 radical (unpaired) electrons. The third-order valence-corrected chi connectivity index (χ3v) is 4.51. The van der Waals surface area contributed by atoms with Crippen LogP contribution < -0.4 is 4.74 Å². The van der Waals surface area contributed by atoms with Crippen molar-refractivity contribution in [2.75, 3.05) is 6.61 Å². The molecule has 1 fully saturated rings. The first-order valence-electron chi connectivity index (χ1n) is 9.91. The fraction of sp³-hybridized carbons (Fsp3) is 0.409. The van der Waals surface area contributed by atoms with Gasteiger partial charge in [-0.05, 0) is 24.6 Å². The Bertz CT molecular complexity index is 908. The zero-order chi connectivity index (χ0) is 23.9. The van der Waals surface area contributed by atoms with E-state index in [0.717, 1.165) is 6.61 Å². The van der Waals surface area contributed by atoms with E-state index in [9.17, 15) is 31.1 Å². The molecule has 1 atom stereocenters. The Morgan fingerprint density at radius 3 is 2.19 bits per heavy atom. The highest BCUT2D eigenvalue weighted by molar-refractivity contribution is 5.87. The van der Waals surface area contributed by atoms with Gasteiger partial charge in [0.15, 0.2) is 17.5 Å². The minimum absolute atomic E-state index is 0.163. The molecule has 1 heterocycles. The molecule has 32 heavy (non-hydrogen) atoms. The number of aromatic carboxylic acids is 1. The molecule has 0 spiro atoms. The standard InChI is InChI=1S/C14H6F6O3.C8H16O/c15-9-3-6(13(21)22)1-2-8(9)14(19,20)23-7-4-10(16)12(18)11(17)5-7;1-2-3-4-5-6-8-7-9-8/h1-5H,(H,21,22);8H,2-7H2,1H3. The number of benzene rings is 2. The number of hydrogen-bond donors (Lipinski definition) is 1. The fourth-order valence-electron chi connectivity index (χ4n) is 2.71. The van der Waals surface area contributed by atoms with E-state index in [1.165, 1.54) is 32.1 Å². The zero-order valence-corrected chi connectivity index (χ0v) is 17.1. The summed E-state index contributed by atoms with van der Waals surface area (Å²) in [5, 5.41) is 8.62. The largest absolute Gasteiger partial charge is 0.478 e. The van der Waals surface area contributed by atoms with Gasteiger partial charge in [-0.2, -0.15) is 8.78 Å². The lowest BCUT2D eigenvalue weighted by Crippen LogP contribution is -2.24. The lowest BCUT2D eigenvalue weighted by Gasteiger charge is -2.19. The second kappa shape index (κ2) is 11.2. The van der Waals surface area contributed by atoms with E-state index in [4.69, 9.17) is 9.84 Å². The van der Waals surface area contributed by atoms with Crippen molar-refractivity contribution in [3.05, 3.63) is 64.7 Å². The summed E-state index contributed by atoms with van der Waals surface area (Å²) in [4.78, 5) is 10.6. The summed E-state index contributed by atoms with van der Waals surface area (Å²) in [5.74, 6) is -9.62. The van der Waals surface area contributed by atoms with Crippen molar-refractivity contribution in [3.63, 3.8) is 0 Å². The van der Waals surface area contributed by atoms with Crippen molar-refractivity contribution in [2.24, 2.45) is 0 Å². The Balaban J connectivity index is 0.000000336. The molecule has 10 heteroatoms. The molecule has 1 aliphatic heterocycles. The van der Waals surface area contributed by atoms with E-state index >= 15 is 0 Å². The number of ether oxygens (including phenoxy) is 2. The topological polar surface area (TPSA) is 59.1 Å². The van der Waals surface area contributed by atoms with Crippen molar-refractivity contribution in [1.82, 2.24) is 0 Å². The van der Waals surface area contributed by atoms with Crippen LogP contribution in [0.25, 0.3) is 0 Å². The van der Waals surface area contributed by atoms with E-state index in [1.54, 1.807) is 0 Å². The van der Waals surface area contributed by atoms with Crippen LogP contribution in [0.3, 0.4) is 0 Å². The van der Waals surface area contributed by atoms with Crippen LogP contribution in [0.2, 0.25) is 0 Å². The number of rotatable bonds is 9. The predicted octanol–water partition coefficient (Wildman–Crippen LogP) is 6.43. The summed E-state index contributed by atoms with van der Waals surface area (Å²) >= 11 is 0. The molecule has 0 aromatic heterocycles. The smallest absolute Gasteiger partial charge is 0.429 e. The van der Waals surface area contributed by atoms with Crippen LogP contribution in [-0.2, 0) is 10.8 Å². The molecular formula is C22H22F6O4. The summed E-state index contributed by atoms with van der Waals surface area (Å²) in [6.07, 6.45) is 3.09. The van der Waals surface area contributed by atoms with Crippen LogP contribution >= 0.6 is 0 Å². The Labute approximate surface area is 180 Å². The van der Waals surface area contributed by atoms with Gasteiger partial charge in [0.2, 0.25) is 0 Å². The van der Waals surface area contributed by atoms with Gasteiger partial charge >= 0.3 is 12.1 Å². The van der Waals surface area contributed by atoms with Gasteiger partial charge in [0.05, 0.1) is 23.8 Å². The van der Waals surface area contributed by atoms with Crippen LogP contribution in [0.1, 0.15) is 54.9 Å². The molecule has 2 aromatic rings. The first-order valence-corrected chi connectivity index (χ1v) is 9.91. The fourth-order valence-corrected chi connectivity index (χ4v) is 2.71. The first-order chi connectivity index (χ1) is 15.0.